The number of anilines is 2. The van der Waals surface area contributed by atoms with Gasteiger partial charge in [-0.2, -0.15) is 0 Å². The largest absolute Gasteiger partial charge is 0.493 e. The van der Waals surface area contributed by atoms with Gasteiger partial charge in [-0.1, -0.05) is 48.5 Å². The molecule has 0 radical (unpaired) electrons. The van der Waals surface area contributed by atoms with Gasteiger partial charge in [-0.15, -0.1) is 0 Å². The van der Waals surface area contributed by atoms with Crippen molar-refractivity contribution in [2.75, 3.05) is 52.9 Å². The standard InChI is InChI=1S/C23H21N3O3.C4H9NO/c1-27-19-12-17(13-20(28-2)22(19)29-3)25-23-24-14-16-10-7-11-18(21(16)26-23)15-8-5-4-6-9-15;1-3-6-4-2-5-1/h4-14H,1-3H3,(H,24,25,26);5H,1-4H2. The predicted octanol–water partition coefficient (Wildman–Crippen LogP) is 4.67. The molecule has 8 heteroatoms. The topological polar surface area (TPSA) is 86.8 Å². The second kappa shape index (κ2) is 12.0. The van der Waals surface area contributed by atoms with E-state index < -0.39 is 0 Å². The number of nitrogens with one attached hydrogen (secondary N) is 2. The van der Waals surface area contributed by atoms with Crippen molar-refractivity contribution in [3.05, 3.63) is 66.9 Å². The lowest BCUT2D eigenvalue weighted by molar-refractivity contribution is 0.109. The van der Waals surface area contributed by atoms with Crippen LogP contribution in [0.4, 0.5) is 11.6 Å². The van der Waals surface area contributed by atoms with Gasteiger partial charge in [-0.05, 0) is 5.56 Å². The third kappa shape index (κ3) is 5.98. The highest BCUT2D eigenvalue weighted by Crippen LogP contribution is 2.40. The van der Waals surface area contributed by atoms with Gasteiger partial charge in [0.25, 0.3) is 0 Å². The second-order valence-corrected chi connectivity index (χ2v) is 7.70. The van der Waals surface area contributed by atoms with E-state index >= 15 is 0 Å². The monoisotopic (exact) mass is 474 g/mol. The van der Waals surface area contributed by atoms with Gasteiger partial charge in [0.2, 0.25) is 11.7 Å². The number of ether oxygens (including phenoxy) is 4. The second-order valence-electron chi connectivity index (χ2n) is 7.70. The molecule has 0 atom stereocenters. The molecule has 0 saturated carbocycles. The molecule has 0 amide bonds. The number of para-hydroxylation sites is 1. The van der Waals surface area contributed by atoms with Gasteiger partial charge in [0.1, 0.15) is 0 Å². The van der Waals surface area contributed by atoms with Crippen LogP contribution < -0.4 is 24.8 Å². The molecule has 3 aromatic carbocycles. The van der Waals surface area contributed by atoms with E-state index in [0.717, 1.165) is 54.0 Å². The fourth-order valence-corrected chi connectivity index (χ4v) is 3.76. The maximum Gasteiger partial charge on any atom is 0.227 e. The van der Waals surface area contributed by atoms with E-state index in [0.29, 0.717) is 23.2 Å². The Balaban J connectivity index is 0.000000421. The summed E-state index contributed by atoms with van der Waals surface area (Å²) < 4.78 is 21.2. The van der Waals surface area contributed by atoms with Crippen LogP contribution in [0.2, 0.25) is 0 Å². The van der Waals surface area contributed by atoms with Crippen LogP contribution in [0.5, 0.6) is 17.2 Å². The average molecular weight is 475 g/mol. The van der Waals surface area contributed by atoms with Crippen molar-refractivity contribution >= 4 is 22.5 Å². The molecule has 2 heterocycles. The first-order valence-corrected chi connectivity index (χ1v) is 11.4. The number of nitrogens with zero attached hydrogens (tertiary/aromatic N) is 2. The molecule has 35 heavy (non-hydrogen) atoms. The zero-order valence-electron chi connectivity index (χ0n) is 20.2. The van der Waals surface area contributed by atoms with Crippen LogP contribution in [0.25, 0.3) is 22.0 Å². The summed E-state index contributed by atoms with van der Waals surface area (Å²) in [5.74, 6) is 2.13. The van der Waals surface area contributed by atoms with Crippen molar-refractivity contribution in [2.24, 2.45) is 0 Å². The molecule has 182 valence electrons. The Morgan fingerprint density at radius 3 is 2.14 bits per heavy atom. The fourth-order valence-electron chi connectivity index (χ4n) is 3.76. The summed E-state index contributed by atoms with van der Waals surface area (Å²) in [5.41, 5.74) is 3.77. The smallest absolute Gasteiger partial charge is 0.227 e. The van der Waals surface area contributed by atoms with Crippen LogP contribution in [-0.4, -0.2) is 57.6 Å². The van der Waals surface area contributed by atoms with Crippen molar-refractivity contribution < 1.29 is 18.9 Å². The van der Waals surface area contributed by atoms with Gasteiger partial charge < -0.3 is 29.6 Å². The summed E-state index contributed by atoms with van der Waals surface area (Å²) in [5, 5.41) is 7.37. The molecule has 0 aliphatic carbocycles. The molecule has 0 spiro atoms. The van der Waals surface area contributed by atoms with E-state index in [-0.39, 0.29) is 0 Å². The highest BCUT2D eigenvalue weighted by Gasteiger charge is 2.14. The molecule has 2 N–H and O–H groups in total. The first-order chi connectivity index (χ1) is 17.2. The lowest BCUT2D eigenvalue weighted by Gasteiger charge is -2.15. The van der Waals surface area contributed by atoms with E-state index in [1.807, 2.05) is 48.7 Å². The van der Waals surface area contributed by atoms with Gasteiger partial charge in [-0.25, -0.2) is 9.97 Å². The summed E-state index contributed by atoms with van der Waals surface area (Å²) >= 11 is 0. The Hall–Kier alpha value is -3.88. The number of hydrogen-bond acceptors (Lipinski definition) is 8. The number of hydrogen-bond donors (Lipinski definition) is 2. The summed E-state index contributed by atoms with van der Waals surface area (Å²) in [7, 11) is 4.74. The predicted molar refractivity (Wildman–Crippen MR) is 138 cm³/mol. The first-order valence-electron chi connectivity index (χ1n) is 11.4. The quantitative estimate of drug-likeness (QED) is 0.417. The molecule has 5 rings (SSSR count). The van der Waals surface area contributed by atoms with Crippen molar-refractivity contribution in [2.45, 2.75) is 0 Å². The van der Waals surface area contributed by atoms with Gasteiger partial charge in [0.15, 0.2) is 11.5 Å². The Labute approximate surface area is 205 Å². The Morgan fingerprint density at radius 2 is 1.57 bits per heavy atom. The highest BCUT2D eigenvalue weighted by atomic mass is 16.5. The molecule has 1 fully saturated rings. The molecular formula is C27H30N4O4. The summed E-state index contributed by atoms with van der Waals surface area (Å²) in [4.78, 5) is 9.22. The highest BCUT2D eigenvalue weighted by molar-refractivity contribution is 5.93. The van der Waals surface area contributed by atoms with E-state index in [2.05, 4.69) is 33.8 Å². The minimum Gasteiger partial charge on any atom is -0.493 e. The summed E-state index contributed by atoms with van der Waals surface area (Å²) in [6.45, 7) is 3.83. The van der Waals surface area contributed by atoms with Gasteiger partial charge >= 0.3 is 0 Å². The third-order valence-corrected chi connectivity index (χ3v) is 5.46. The van der Waals surface area contributed by atoms with Crippen LogP contribution in [0.15, 0.2) is 66.9 Å². The fraction of sp³-hybridized carbons (Fsp3) is 0.259. The van der Waals surface area contributed by atoms with E-state index in [1.54, 1.807) is 21.3 Å². The Morgan fingerprint density at radius 1 is 0.857 bits per heavy atom. The van der Waals surface area contributed by atoms with Gasteiger partial charge in [-0.3, -0.25) is 0 Å². The molecule has 0 bridgehead atoms. The van der Waals surface area contributed by atoms with Crippen molar-refractivity contribution in [3.63, 3.8) is 0 Å². The first kappa shape index (κ1) is 24.3. The van der Waals surface area contributed by atoms with Crippen LogP contribution >= 0.6 is 0 Å². The van der Waals surface area contributed by atoms with Crippen LogP contribution in [-0.2, 0) is 4.74 Å². The lowest BCUT2D eigenvalue weighted by Crippen LogP contribution is -2.30. The van der Waals surface area contributed by atoms with Crippen molar-refractivity contribution in [1.82, 2.24) is 15.3 Å². The van der Waals surface area contributed by atoms with E-state index in [9.17, 15) is 0 Å². The number of benzene rings is 3. The Bertz CT molecular complexity index is 1210. The number of aromatic nitrogens is 2. The summed E-state index contributed by atoms with van der Waals surface area (Å²) in [6, 6.07) is 19.9. The van der Waals surface area contributed by atoms with Crippen LogP contribution in [0.1, 0.15) is 0 Å². The SMILES string of the molecule is C1COCCN1.COc1cc(Nc2ncc3cccc(-c4ccccc4)c3n2)cc(OC)c1OC. The van der Waals surface area contributed by atoms with Crippen molar-refractivity contribution in [3.8, 4) is 28.4 Å². The minimum absolute atomic E-state index is 0.482. The zero-order valence-corrected chi connectivity index (χ0v) is 20.2. The zero-order chi connectivity index (χ0) is 24.5. The molecule has 1 aliphatic rings. The third-order valence-electron chi connectivity index (χ3n) is 5.46. The van der Waals surface area contributed by atoms with Crippen molar-refractivity contribution in [1.29, 1.82) is 0 Å². The maximum atomic E-state index is 5.42. The van der Waals surface area contributed by atoms with Crippen LogP contribution in [0, 0.1) is 0 Å². The van der Waals surface area contributed by atoms with Gasteiger partial charge in [0.05, 0.1) is 40.1 Å². The normalized spacial score (nSPS) is 12.9. The molecule has 8 nitrogen and oxygen atoms in total. The molecule has 1 aromatic heterocycles. The maximum absolute atomic E-state index is 5.42. The molecule has 0 unspecified atom stereocenters. The number of morpholine rings is 1. The molecule has 1 saturated heterocycles. The lowest BCUT2D eigenvalue weighted by atomic mass is 10.0. The van der Waals surface area contributed by atoms with Gasteiger partial charge in [0, 0.05) is 48.1 Å². The van der Waals surface area contributed by atoms with E-state index in [1.165, 1.54) is 0 Å². The minimum atomic E-state index is 0.482. The van der Waals surface area contributed by atoms with E-state index in [4.69, 9.17) is 23.9 Å². The Kier molecular flexibility index (Phi) is 8.32. The average Bonchev–Trinajstić information content (AvgIpc) is 2.94. The molecule has 4 aromatic rings. The molecular weight excluding hydrogens is 444 g/mol. The number of rotatable bonds is 6. The van der Waals surface area contributed by atoms with Crippen LogP contribution in [0.3, 0.4) is 0 Å². The number of fused-ring (bicyclic) bond motifs is 1. The summed E-state index contributed by atoms with van der Waals surface area (Å²) in [6.07, 6.45) is 1.81. The molecule has 1 aliphatic heterocycles. The number of methoxy groups -OCH3 is 3.